The predicted octanol–water partition coefficient (Wildman–Crippen LogP) is 11.9. The number of nitrogens with zero attached hydrogens (tertiary/aromatic N) is 1. The van der Waals surface area contributed by atoms with Crippen LogP contribution in [0.4, 0.5) is 0 Å². The van der Waals surface area contributed by atoms with Gasteiger partial charge < -0.3 is 27.9 Å². The first-order valence-electron chi connectivity index (χ1n) is 21.9. The minimum absolute atomic E-state index is 0.0527. The molecule has 0 radical (unpaired) electrons. The van der Waals surface area contributed by atoms with E-state index in [1.54, 1.807) is 0 Å². The van der Waals surface area contributed by atoms with Gasteiger partial charge in [-0.15, -0.1) is 0 Å². The van der Waals surface area contributed by atoms with E-state index in [1.807, 2.05) is 33.3 Å². The van der Waals surface area contributed by atoms with Crippen molar-refractivity contribution < 1.29 is 42.1 Å². The molecule has 10 heteroatoms. The summed E-state index contributed by atoms with van der Waals surface area (Å²) in [5.74, 6) is -0.962. The number of allylic oxidation sites excluding steroid dienone is 16. The summed E-state index contributed by atoms with van der Waals surface area (Å²) in [4.78, 5) is 37.5. The summed E-state index contributed by atoms with van der Waals surface area (Å²) < 4.78 is 33.8. The predicted molar refractivity (Wildman–Crippen MR) is 240 cm³/mol. The Bertz CT molecular complexity index is 1300. The minimum atomic E-state index is -4.66. The summed E-state index contributed by atoms with van der Waals surface area (Å²) in [5, 5.41) is 0. The molecule has 0 saturated heterocycles. The van der Waals surface area contributed by atoms with Gasteiger partial charge in [-0.2, -0.15) is 0 Å². The average Bonchev–Trinajstić information content (AvgIpc) is 3.17. The number of carbonyl (C=O) groups excluding carboxylic acids is 2. The van der Waals surface area contributed by atoms with E-state index in [4.69, 9.17) is 18.5 Å². The van der Waals surface area contributed by atoms with Gasteiger partial charge in [-0.25, -0.2) is 0 Å². The van der Waals surface area contributed by atoms with Gasteiger partial charge in [-0.05, 0) is 83.5 Å². The Morgan fingerprint density at radius 3 is 1.53 bits per heavy atom. The molecule has 0 heterocycles. The van der Waals surface area contributed by atoms with Gasteiger partial charge in [-0.3, -0.25) is 14.2 Å². The highest BCUT2D eigenvalue weighted by atomic mass is 31.2. The fourth-order valence-electron chi connectivity index (χ4n) is 5.18. The molecule has 0 N–H and O–H groups in total. The summed E-state index contributed by atoms with van der Waals surface area (Å²) in [5.41, 5.74) is 0. The number of phosphoric ester groups is 1. The number of esters is 2. The summed E-state index contributed by atoms with van der Waals surface area (Å²) in [6, 6.07) is 0. The Labute approximate surface area is 353 Å². The first-order chi connectivity index (χ1) is 28.0. The molecule has 330 valence electrons. The van der Waals surface area contributed by atoms with Gasteiger partial charge in [0.2, 0.25) is 0 Å². The maximum absolute atomic E-state index is 12.6. The van der Waals surface area contributed by atoms with Gasteiger partial charge in [-0.1, -0.05) is 143 Å². The van der Waals surface area contributed by atoms with Crippen LogP contribution in [0.2, 0.25) is 0 Å². The zero-order chi connectivity index (χ0) is 42.8. The van der Waals surface area contributed by atoms with Crippen LogP contribution in [0.1, 0.15) is 142 Å². The third kappa shape index (κ3) is 42.5. The van der Waals surface area contributed by atoms with Crippen LogP contribution in [0.5, 0.6) is 0 Å². The molecule has 58 heavy (non-hydrogen) atoms. The standard InChI is InChI=1S/C48H80NO8P/c1-6-8-10-12-14-16-18-20-22-23-24-25-27-29-31-33-35-37-39-41-48(51)57-46(45-56-58(52,53)55-43-42-49(3,4)5)44-54-47(50)40-38-36-34-32-30-28-26-21-19-17-15-13-11-9-7-2/h9,11,14-17,20-22,24-26,29,31,35,37,46H,6-8,10,12-13,18-19,23,27-28,30,32-34,36,38-45H2,1-5H3/b11-9-,16-14-,17-15-,22-20-,25-24-,26-21-,31-29-,37-35-/t46-/m1/s1. The molecule has 0 aromatic carbocycles. The Morgan fingerprint density at radius 1 is 0.552 bits per heavy atom. The van der Waals surface area contributed by atoms with Gasteiger partial charge in [0, 0.05) is 12.8 Å². The topological polar surface area (TPSA) is 111 Å². The van der Waals surface area contributed by atoms with Gasteiger partial charge in [0.05, 0.1) is 27.7 Å². The summed E-state index contributed by atoms with van der Waals surface area (Å²) >= 11 is 0. The Hall–Kier alpha value is -3.07. The lowest BCUT2D eigenvalue weighted by atomic mass is 10.1. The molecule has 9 nitrogen and oxygen atoms in total. The molecule has 0 bridgehead atoms. The van der Waals surface area contributed by atoms with E-state index in [2.05, 4.69) is 98.9 Å². The molecular weight excluding hydrogens is 750 g/mol. The molecule has 0 aliphatic heterocycles. The zero-order valence-electron chi connectivity index (χ0n) is 36.9. The van der Waals surface area contributed by atoms with Gasteiger partial charge in [0.15, 0.2) is 6.10 Å². The largest absolute Gasteiger partial charge is 0.756 e. The van der Waals surface area contributed by atoms with Crippen molar-refractivity contribution in [1.29, 1.82) is 0 Å². The van der Waals surface area contributed by atoms with Crippen LogP contribution in [-0.4, -0.2) is 70.0 Å². The van der Waals surface area contributed by atoms with E-state index in [0.29, 0.717) is 23.9 Å². The number of quaternary nitrogens is 1. The normalized spacial score (nSPS) is 14.5. The number of hydrogen-bond donors (Lipinski definition) is 0. The molecule has 1 unspecified atom stereocenters. The van der Waals surface area contributed by atoms with E-state index in [9.17, 15) is 19.0 Å². The van der Waals surface area contributed by atoms with Gasteiger partial charge >= 0.3 is 11.9 Å². The van der Waals surface area contributed by atoms with E-state index >= 15 is 0 Å². The molecule has 0 amide bonds. The quantitative estimate of drug-likeness (QED) is 0.0199. The molecule has 0 aliphatic carbocycles. The third-order valence-corrected chi connectivity index (χ3v) is 9.57. The van der Waals surface area contributed by atoms with Crippen molar-refractivity contribution in [2.45, 2.75) is 148 Å². The van der Waals surface area contributed by atoms with Crippen molar-refractivity contribution in [3.63, 3.8) is 0 Å². The van der Waals surface area contributed by atoms with Crippen LogP contribution in [0.15, 0.2) is 97.2 Å². The van der Waals surface area contributed by atoms with E-state index in [1.165, 1.54) is 25.7 Å². The van der Waals surface area contributed by atoms with Crippen molar-refractivity contribution in [3.05, 3.63) is 97.2 Å². The molecule has 0 aromatic heterocycles. The number of carbonyl (C=O) groups is 2. The van der Waals surface area contributed by atoms with Gasteiger partial charge in [0.25, 0.3) is 7.82 Å². The first-order valence-corrected chi connectivity index (χ1v) is 23.4. The third-order valence-electron chi connectivity index (χ3n) is 8.60. The Kier molecular flexibility index (Phi) is 37.3. The fraction of sp³-hybridized carbons (Fsp3) is 0.625. The van der Waals surface area contributed by atoms with E-state index in [-0.39, 0.29) is 26.1 Å². The molecular formula is C48H80NO8P. The lowest BCUT2D eigenvalue weighted by Crippen LogP contribution is -2.37. The highest BCUT2D eigenvalue weighted by Crippen LogP contribution is 2.38. The average molecular weight is 830 g/mol. The second-order valence-corrected chi connectivity index (χ2v) is 16.7. The number of phosphoric acid groups is 1. The number of unbranched alkanes of at least 4 members (excludes halogenated alkanes) is 8. The van der Waals surface area contributed by atoms with E-state index in [0.717, 1.165) is 77.0 Å². The van der Waals surface area contributed by atoms with Crippen molar-refractivity contribution in [2.75, 3.05) is 47.5 Å². The lowest BCUT2D eigenvalue weighted by Gasteiger charge is -2.28. The van der Waals surface area contributed by atoms with Crippen molar-refractivity contribution in [2.24, 2.45) is 0 Å². The summed E-state index contributed by atoms with van der Waals surface area (Å²) in [6.07, 6.45) is 51.6. The maximum atomic E-state index is 12.6. The highest BCUT2D eigenvalue weighted by Gasteiger charge is 2.21. The summed E-state index contributed by atoms with van der Waals surface area (Å²) in [7, 11) is 1.09. The van der Waals surface area contributed by atoms with Crippen LogP contribution < -0.4 is 4.89 Å². The number of ether oxygens (including phenoxy) is 2. The smallest absolute Gasteiger partial charge is 0.306 e. The molecule has 0 aliphatic rings. The molecule has 0 spiro atoms. The Balaban J connectivity index is 4.54. The fourth-order valence-corrected chi connectivity index (χ4v) is 5.91. The molecule has 0 fully saturated rings. The highest BCUT2D eigenvalue weighted by molar-refractivity contribution is 7.45. The summed E-state index contributed by atoms with van der Waals surface area (Å²) in [6.45, 7) is 3.95. The second kappa shape index (κ2) is 39.4. The molecule has 0 aromatic rings. The monoisotopic (exact) mass is 830 g/mol. The minimum Gasteiger partial charge on any atom is -0.756 e. The first kappa shape index (κ1) is 54.9. The molecule has 2 atom stereocenters. The van der Waals surface area contributed by atoms with Crippen LogP contribution in [0, 0.1) is 0 Å². The Morgan fingerprint density at radius 2 is 1.02 bits per heavy atom. The van der Waals surface area contributed by atoms with Crippen LogP contribution >= 0.6 is 7.82 Å². The van der Waals surface area contributed by atoms with Crippen LogP contribution in [0.3, 0.4) is 0 Å². The number of likely N-dealkylation sites (N-methyl/N-ethyl adjacent to an activating group) is 1. The van der Waals surface area contributed by atoms with Crippen LogP contribution in [0.25, 0.3) is 0 Å². The number of rotatable bonds is 38. The zero-order valence-corrected chi connectivity index (χ0v) is 37.8. The number of hydrogen-bond acceptors (Lipinski definition) is 8. The van der Waals surface area contributed by atoms with Gasteiger partial charge in [0.1, 0.15) is 19.8 Å². The maximum Gasteiger partial charge on any atom is 0.306 e. The second-order valence-electron chi connectivity index (χ2n) is 15.3. The van der Waals surface area contributed by atoms with Crippen LogP contribution in [-0.2, 0) is 32.7 Å². The van der Waals surface area contributed by atoms with Crippen molar-refractivity contribution >= 4 is 19.8 Å². The SMILES string of the molecule is CC/C=C\C/C=C\C/C=C\CCCCCCCC(=O)OC[C@H](COP(=O)([O-])OCC[N+](C)(C)C)OC(=O)CC/C=C\C/C=C\C/C=C\C/C=C\C/C=C\CCCCC. The van der Waals surface area contributed by atoms with Crippen molar-refractivity contribution in [1.82, 2.24) is 0 Å². The lowest BCUT2D eigenvalue weighted by molar-refractivity contribution is -0.870. The van der Waals surface area contributed by atoms with E-state index < -0.39 is 32.5 Å². The molecule has 0 saturated carbocycles. The van der Waals surface area contributed by atoms with Crippen molar-refractivity contribution in [3.8, 4) is 0 Å². The molecule has 0 rings (SSSR count).